The molecule has 0 amide bonds. The highest BCUT2D eigenvalue weighted by molar-refractivity contribution is 7.94. The highest BCUT2D eigenvalue weighted by Gasteiger charge is 2.34. The molecule has 0 radical (unpaired) electrons. The lowest BCUT2D eigenvalue weighted by Gasteiger charge is -2.14. The molecule has 2 aromatic heterocycles. The molecule has 26 heteroatoms. The Labute approximate surface area is 365 Å². The summed E-state index contributed by atoms with van der Waals surface area (Å²) in [6.07, 6.45) is 10.1. The zero-order chi connectivity index (χ0) is 46.6. The minimum atomic E-state index is -4.35. The highest BCUT2D eigenvalue weighted by atomic mass is 35.5. The van der Waals surface area contributed by atoms with Crippen LogP contribution in [0.15, 0.2) is 50.7 Å². The molecule has 1 fully saturated rings. The lowest BCUT2D eigenvalue weighted by Crippen LogP contribution is -2.25. The fourth-order valence-electron chi connectivity index (χ4n) is 4.77. The predicted molar refractivity (Wildman–Crippen MR) is 221 cm³/mol. The molecule has 0 spiro atoms. The number of hydrogen-bond donors (Lipinski definition) is 3. The fraction of sp³-hybridized carbons (Fsp3) is 0.429. The van der Waals surface area contributed by atoms with Crippen LogP contribution in [0.3, 0.4) is 0 Å². The Hall–Kier alpha value is -3.73. The number of aromatic nitrogens is 4. The Balaban J connectivity index is 0.000000326. The number of carboxylic acid groups (broad SMARTS) is 1. The molecule has 4 aromatic rings. The molecule has 0 aliphatic heterocycles. The van der Waals surface area contributed by atoms with Crippen molar-refractivity contribution in [3.63, 3.8) is 0 Å². The maximum absolute atomic E-state index is 14.2. The minimum Gasteiger partial charge on any atom is -0.778 e. The number of nitrogens with one attached hydrogen (secondary N) is 1. The second kappa shape index (κ2) is 23.6. The number of ketones is 1. The Morgan fingerprint density at radius 1 is 1.15 bits per heavy atom. The molecular weight excluding hydrogens is 941 g/mol. The maximum Gasteiger partial charge on any atom is 0.355 e. The quantitative estimate of drug-likeness (QED) is 0.0507. The van der Waals surface area contributed by atoms with E-state index in [4.69, 9.17) is 54.1 Å². The summed E-state index contributed by atoms with van der Waals surface area (Å²) in [6.45, 7) is -0.675. The average molecular weight is 983 g/mol. The lowest BCUT2D eigenvalue weighted by molar-refractivity contribution is -0.193. The number of rotatable bonds is 14. The molecule has 5 rings (SSSR count). The van der Waals surface area contributed by atoms with Gasteiger partial charge >= 0.3 is 24.2 Å². The zero-order valence-corrected chi connectivity index (χ0v) is 38.0. The van der Waals surface area contributed by atoms with Crippen molar-refractivity contribution < 1.29 is 64.7 Å². The van der Waals surface area contributed by atoms with Gasteiger partial charge in [0.05, 0.1) is 54.9 Å². The topological polar surface area (TPSA) is 253 Å². The number of aryl methyl sites for hydroxylation is 1. The number of nitrogens with zero attached hydrogens (tertiary/aromatic N) is 4. The van der Waals surface area contributed by atoms with Gasteiger partial charge in [-0.05, 0) is 73.5 Å². The molecule has 2 atom stereocenters. The number of esters is 1. The van der Waals surface area contributed by atoms with Crippen molar-refractivity contribution in [2.45, 2.75) is 55.8 Å². The molecule has 1 aliphatic rings. The summed E-state index contributed by atoms with van der Waals surface area (Å²) in [5, 5.41) is 16.4. The molecular formula is C35H42Cl3F3N5O12PS2. The summed E-state index contributed by atoms with van der Waals surface area (Å²) in [4.78, 5) is 64.0. The van der Waals surface area contributed by atoms with Crippen LogP contribution >= 0.6 is 42.4 Å². The number of halogens is 6. The van der Waals surface area contributed by atoms with E-state index in [0.29, 0.717) is 26.9 Å². The van der Waals surface area contributed by atoms with Gasteiger partial charge in [0.25, 0.3) is 0 Å². The van der Waals surface area contributed by atoms with Crippen LogP contribution in [0.1, 0.15) is 65.3 Å². The minimum absolute atomic E-state index is 0.0424. The number of carbonyl (C=O) groups is 3. The Morgan fingerprint density at radius 2 is 1.75 bits per heavy atom. The number of hydrogen-bond acceptors (Lipinski definition) is 13. The summed E-state index contributed by atoms with van der Waals surface area (Å²) in [5.41, 5.74) is -0.953. The normalized spacial score (nSPS) is 13.8. The average Bonchev–Trinajstić information content (AvgIpc) is 3.77. The zero-order valence-electron chi connectivity index (χ0n) is 33.2. The number of carboxylic acids is 1. The van der Waals surface area contributed by atoms with Crippen LogP contribution in [0.5, 0.6) is 0 Å². The van der Waals surface area contributed by atoms with Crippen molar-refractivity contribution in [1.82, 2.24) is 24.8 Å². The number of alkyl halides is 3. The van der Waals surface area contributed by atoms with Crippen LogP contribution in [0.4, 0.5) is 13.2 Å². The van der Waals surface area contributed by atoms with E-state index in [2.05, 4.69) is 29.0 Å². The second-order valence-corrected chi connectivity index (χ2v) is 20.6. The summed E-state index contributed by atoms with van der Waals surface area (Å²) in [6, 6.07) is 6.23. The molecule has 0 bridgehead atoms. The van der Waals surface area contributed by atoms with Crippen molar-refractivity contribution in [3.8, 4) is 5.69 Å². The lowest BCUT2D eigenvalue weighted by atomic mass is 10.0. The monoisotopic (exact) mass is 981 g/mol. The Morgan fingerprint density at radius 3 is 2.25 bits per heavy atom. The number of aliphatic carboxylic acids is 1. The van der Waals surface area contributed by atoms with Gasteiger partial charge in [0.2, 0.25) is 0 Å². The third-order valence-corrected chi connectivity index (χ3v) is 10.1. The van der Waals surface area contributed by atoms with Gasteiger partial charge in [0, 0.05) is 34.2 Å². The van der Waals surface area contributed by atoms with E-state index in [-0.39, 0.29) is 61.1 Å². The standard InChI is InChI=1S/C15H14Cl2F3N3O3.C14H12ClNO4S.C3H8NO5P.C3H9S/c1-3-26-13(24)10(17)4-8-5-12(11(18)6-9(8)16)23-15(25)22(14(19)20)7(2)21-23;1-21(18,19)12-6-9(15)4-5-10(12)13(17)11-7-16-20-14(11)8-2-3-8;5-3(6)1-4-2-10(7,8)9;1-4(2)3/h5-6,10,14H,3-4H2,1-2H3;4-8H,2-3H2,1H3;4H,1-2H2,(H,5,6)(H2,7,8,9);1-3H3/q;;;+1/p-1. The number of ether oxygens (including phenoxy) is 1. The van der Waals surface area contributed by atoms with E-state index < -0.39 is 71.4 Å². The van der Waals surface area contributed by atoms with E-state index in [9.17, 15) is 50.2 Å². The van der Waals surface area contributed by atoms with Crippen LogP contribution < -0.4 is 15.9 Å². The third kappa shape index (κ3) is 17.2. The summed E-state index contributed by atoms with van der Waals surface area (Å²) in [7, 11) is -7.27. The summed E-state index contributed by atoms with van der Waals surface area (Å²) in [5.74, 6) is -2.76. The first kappa shape index (κ1) is 53.4. The maximum atomic E-state index is 14.2. The molecule has 0 saturated heterocycles. The van der Waals surface area contributed by atoms with Gasteiger partial charge in [-0.3, -0.25) is 19.7 Å². The largest absolute Gasteiger partial charge is 0.778 e. The van der Waals surface area contributed by atoms with E-state index >= 15 is 0 Å². The van der Waals surface area contributed by atoms with Crippen molar-refractivity contribution >= 4 is 80.9 Å². The predicted octanol–water partition coefficient (Wildman–Crippen LogP) is 4.74. The van der Waals surface area contributed by atoms with Crippen molar-refractivity contribution in [1.29, 1.82) is 0 Å². The van der Waals surface area contributed by atoms with Crippen molar-refractivity contribution in [3.05, 3.63) is 91.2 Å². The molecule has 2 aromatic carbocycles. The van der Waals surface area contributed by atoms with Gasteiger partial charge in [-0.2, -0.15) is 13.5 Å². The van der Waals surface area contributed by atoms with Crippen LogP contribution in [0.2, 0.25) is 10.0 Å². The van der Waals surface area contributed by atoms with Gasteiger partial charge < -0.3 is 28.7 Å². The van der Waals surface area contributed by atoms with Gasteiger partial charge in [0.1, 0.15) is 24.5 Å². The molecule has 17 nitrogen and oxygen atoms in total. The van der Waals surface area contributed by atoms with Crippen LogP contribution in [-0.2, 0) is 46.0 Å². The number of carbonyl (C=O) groups excluding carboxylic acids is 2. The fourth-order valence-corrected chi connectivity index (χ4v) is 6.75. The van der Waals surface area contributed by atoms with Gasteiger partial charge in [-0.1, -0.05) is 28.4 Å². The molecule has 1 saturated carbocycles. The van der Waals surface area contributed by atoms with Gasteiger partial charge in [0.15, 0.2) is 27.2 Å². The summed E-state index contributed by atoms with van der Waals surface area (Å²) >= 11 is 17.7. The second-order valence-electron chi connectivity index (χ2n) is 13.2. The number of sulfone groups is 1. The van der Waals surface area contributed by atoms with Crippen molar-refractivity contribution in [2.75, 3.05) is 44.5 Å². The van der Waals surface area contributed by atoms with E-state index in [1.807, 2.05) is 5.32 Å². The van der Waals surface area contributed by atoms with Crippen LogP contribution in [-0.4, -0.2) is 105 Å². The number of benzene rings is 2. The first-order valence-electron chi connectivity index (χ1n) is 17.4. The Bertz CT molecular complexity index is 2390. The van der Waals surface area contributed by atoms with Crippen LogP contribution in [0, 0.1) is 12.7 Å². The molecule has 1 aliphatic carbocycles. The van der Waals surface area contributed by atoms with Crippen LogP contribution in [0.25, 0.3) is 5.69 Å². The van der Waals surface area contributed by atoms with E-state index in [1.165, 1.54) is 31.3 Å². The van der Waals surface area contributed by atoms with Gasteiger partial charge in [-0.15, -0.1) is 16.7 Å². The van der Waals surface area contributed by atoms with E-state index in [1.54, 1.807) is 6.92 Å². The van der Waals surface area contributed by atoms with Gasteiger partial charge in [-0.25, -0.2) is 22.2 Å². The smallest absolute Gasteiger partial charge is 0.355 e. The highest BCUT2D eigenvalue weighted by Crippen LogP contribution is 2.42. The Kier molecular flexibility index (Phi) is 20.7. The SMILES string of the molecule is CCOC(=O)C(Cl)Cc1cc(-n2nc(C)n(C(F)F)c2=O)c(F)cc1Cl.CS(=O)(=O)c1cc(Cl)ccc1C(=O)c1cnoc1C1CC1.C[S+](C)C.O=C(O)CNCP(=O)([O-])O. The molecule has 2 heterocycles. The molecule has 338 valence electrons. The summed E-state index contributed by atoms with van der Waals surface area (Å²) < 4.78 is 84.3. The molecule has 3 N–H and O–H groups in total. The first-order valence-corrected chi connectivity index (χ1v) is 24.7. The van der Waals surface area contributed by atoms with E-state index in [0.717, 1.165) is 31.2 Å². The molecule has 2 unspecified atom stereocenters. The third-order valence-electron chi connectivity index (χ3n) is 7.43. The van der Waals surface area contributed by atoms with Crippen molar-refractivity contribution in [2.24, 2.45) is 0 Å². The molecule has 61 heavy (non-hydrogen) atoms. The first-order chi connectivity index (χ1) is 28.2.